The summed E-state index contributed by atoms with van der Waals surface area (Å²) < 4.78 is 16.8. The zero-order valence-electron chi connectivity index (χ0n) is 15.0. The predicted molar refractivity (Wildman–Crippen MR) is 88.2 cm³/mol. The molecule has 3 rings (SSSR count). The van der Waals surface area contributed by atoms with Crippen LogP contribution >= 0.6 is 0 Å². The van der Waals surface area contributed by atoms with Crippen LogP contribution in [-0.2, 0) is 28.6 Å². The molecule has 6 heteroatoms. The molecule has 0 spiro atoms. The third-order valence-corrected chi connectivity index (χ3v) is 5.85. The van der Waals surface area contributed by atoms with Crippen LogP contribution in [0.4, 0.5) is 0 Å². The van der Waals surface area contributed by atoms with Crippen LogP contribution in [-0.4, -0.2) is 36.2 Å². The minimum atomic E-state index is -0.560. The topological polar surface area (TPSA) is 78.9 Å². The number of hydrogen-bond acceptors (Lipinski definition) is 6. The molecule has 0 amide bonds. The average molecular weight is 348 g/mol. The molecule has 0 aromatic carbocycles. The first-order valence-electron chi connectivity index (χ1n) is 8.56. The number of carbonyl (C=O) groups is 3. The Morgan fingerprint density at radius 1 is 1.28 bits per heavy atom. The Hall–Kier alpha value is -2.11. The van der Waals surface area contributed by atoms with Crippen LogP contribution in [0.1, 0.15) is 40.5 Å². The van der Waals surface area contributed by atoms with E-state index in [1.165, 1.54) is 13.8 Å². The molecule has 2 fully saturated rings. The van der Waals surface area contributed by atoms with Crippen molar-refractivity contribution in [2.45, 2.75) is 58.8 Å². The van der Waals surface area contributed by atoms with E-state index in [2.05, 4.69) is 6.58 Å². The summed E-state index contributed by atoms with van der Waals surface area (Å²) in [4.78, 5) is 35.4. The molecule has 1 aliphatic heterocycles. The van der Waals surface area contributed by atoms with Crippen LogP contribution in [0.3, 0.4) is 0 Å². The fraction of sp³-hybridized carbons (Fsp3) is 0.632. The van der Waals surface area contributed by atoms with Crippen LogP contribution < -0.4 is 0 Å². The maximum absolute atomic E-state index is 12.1. The Balaban J connectivity index is 2.07. The largest absolute Gasteiger partial charge is 0.462 e. The Morgan fingerprint density at radius 2 is 1.92 bits per heavy atom. The number of carbonyl (C=O) groups excluding carboxylic acids is 3. The van der Waals surface area contributed by atoms with E-state index >= 15 is 0 Å². The Bertz CT molecular complexity index is 677. The molecule has 0 N–H and O–H groups in total. The molecule has 0 bridgehead atoms. The second-order valence-electron chi connectivity index (χ2n) is 7.54. The van der Waals surface area contributed by atoms with E-state index in [0.29, 0.717) is 18.4 Å². The molecule has 6 unspecified atom stereocenters. The number of fused-ring (bicyclic) bond motifs is 2. The van der Waals surface area contributed by atoms with Crippen molar-refractivity contribution in [3.63, 3.8) is 0 Å². The second kappa shape index (κ2) is 6.00. The number of esters is 3. The first kappa shape index (κ1) is 17.7. The summed E-state index contributed by atoms with van der Waals surface area (Å²) in [6.45, 7) is 10.6. The van der Waals surface area contributed by atoms with E-state index in [4.69, 9.17) is 14.2 Å². The third kappa shape index (κ3) is 2.77. The van der Waals surface area contributed by atoms with Gasteiger partial charge in [-0.05, 0) is 13.3 Å². The lowest BCUT2D eigenvalue weighted by molar-refractivity contribution is -0.186. The fourth-order valence-electron chi connectivity index (χ4n) is 4.88. The van der Waals surface area contributed by atoms with Crippen molar-refractivity contribution in [2.75, 3.05) is 0 Å². The van der Waals surface area contributed by atoms with Gasteiger partial charge in [-0.3, -0.25) is 9.59 Å². The average Bonchev–Trinajstić information content (AvgIpc) is 2.75. The van der Waals surface area contributed by atoms with Crippen LogP contribution in [0.25, 0.3) is 0 Å². The Labute approximate surface area is 147 Å². The van der Waals surface area contributed by atoms with Gasteiger partial charge in [-0.1, -0.05) is 25.2 Å². The second-order valence-corrected chi connectivity index (χ2v) is 7.54. The van der Waals surface area contributed by atoms with Crippen molar-refractivity contribution in [3.05, 3.63) is 23.8 Å². The van der Waals surface area contributed by atoms with Crippen molar-refractivity contribution in [1.29, 1.82) is 0 Å². The molecule has 25 heavy (non-hydrogen) atoms. The van der Waals surface area contributed by atoms with E-state index in [1.54, 1.807) is 0 Å². The zero-order valence-corrected chi connectivity index (χ0v) is 15.0. The van der Waals surface area contributed by atoms with Crippen LogP contribution in [0.15, 0.2) is 23.8 Å². The highest BCUT2D eigenvalue weighted by Crippen LogP contribution is 2.57. The summed E-state index contributed by atoms with van der Waals surface area (Å²) in [5.74, 6) is -1.74. The molecule has 0 aromatic rings. The monoisotopic (exact) mass is 348 g/mol. The van der Waals surface area contributed by atoms with Gasteiger partial charge in [-0.15, -0.1) is 0 Å². The lowest BCUT2D eigenvalue weighted by atomic mass is 9.54. The minimum absolute atomic E-state index is 0.165. The maximum Gasteiger partial charge on any atom is 0.334 e. The summed E-state index contributed by atoms with van der Waals surface area (Å²) in [5, 5.41) is 0. The normalized spacial score (nSPS) is 39.7. The summed E-state index contributed by atoms with van der Waals surface area (Å²) in [5.41, 5.74) is 0.930. The smallest absolute Gasteiger partial charge is 0.334 e. The highest BCUT2D eigenvalue weighted by Gasteiger charge is 2.62. The highest BCUT2D eigenvalue weighted by molar-refractivity contribution is 5.91. The summed E-state index contributed by atoms with van der Waals surface area (Å²) >= 11 is 0. The van der Waals surface area contributed by atoms with Crippen LogP contribution in [0, 0.1) is 17.3 Å². The molecule has 136 valence electrons. The first-order chi connectivity index (χ1) is 11.6. The van der Waals surface area contributed by atoms with Crippen molar-refractivity contribution in [3.8, 4) is 0 Å². The van der Waals surface area contributed by atoms with Gasteiger partial charge in [-0.2, -0.15) is 0 Å². The van der Waals surface area contributed by atoms with Gasteiger partial charge in [0.2, 0.25) is 0 Å². The van der Waals surface area contributed by atoms with Gasteiger partial charge in [0.1, 0.15) is 18.3 Å². The number of ether oxygens (including phenoxy) is 3. The SMILES string of the molecule is C=C1C(=O)OC2CC3(C)C(OC(C)=O)CC=C(C)C3C(OC(C)=O)C12. The van der Waals surface area contributed by atoms with E-state index in [9.17, 15) is 14.4 Å². The molecule has 0 radical (unpaired) electrons. The van der Waals surface area contributed by atoms with Gasteiger partial charge in [0, 0.05) is 37.2 Å². The van der Waals surface area contributed by atoms with Gasteiger partial charge >= 0.3 is 17.9 Å². The standard InChI is InChI=1S/C19H24O6/c1-9-6-7-14(23-11(3)20)19(5)8-13-15(10(2)18(22)25-13)17(16(9)19)24-12(4)21/h6,13-17H,2,7-8H2,1,3-5H3. The van der Waals surface area contributed by atoms with E-state index in [0.717, 1.165) is 5.57 Å². The van der Waals surface area contributed by atoms with E-state index in [-0.39, 0.29) is 23.9 Å². The first-order valence-corrected chi connectivity index (χ1v) is 8.56. The maximum atomic E-state index is 12.1. The molecule has 1 heterocycles. The third-order valence-electron chi connectivity index (χ3n) is 5.85. The van der Waals surface area contributed by atoms with Crippen LogP contribution in [0.5, 0.6) is 0 Å². The highest BCUT2D eigenvalue weighted by atomic mass is 16.6. The molecule has 1 saturated heterocycles. The number of hydrogen-bond donors (Lipinski definition) is 0. The minimum Gasteiger partial charge on any atom is -0.462 e. The fourth-order valence-corrected chi connectivity index (χ4v) is 4.88. The summed E-state index contributed by atoms with van der Waals surface area (Å²) in [6.07, 6.45) is 1.82. The number of rotatable bonds is 2. The van der Waals surface area contributed by atoms with Crippen molar-refractivity contribution < 1.29 is 28.6 Å². The molecule has 0 aromatic heterocycles. The molecular weight excluding hydrogens is 324 g/mol. The van der Waals surface area contributed by atoms with Gasteiger partial charge in [0.25, 0.3) is 0 Å². The van der Waals surface area contributed by atoms with E-state index in [1.807, 2.05) is 19.9 Å². The van der Waals surface area contributed by atoms with Crippen molar-refractivity contribution in [2.24, 2.45) is 17.3 Å². The Morgan fingerprint density at radius 3 is 2.52 bits per heavy atom. The molecule has 3 aliphatic rings. The van der Waals surface area contributed by atoms with Gasteiger partial charge in [0.15, 0.2) is 0 Å². The zero-order chi connectivity index (χ0) is 18.5. The molecule has 6 atom stereocenters. The lowest BCUT2D eigenvalue weighted by Gasteiger charge is -2.54. The summed E-state index contributed by atoms with van der Waals surface area (Å²) in [6, 6.07) is 0. The summed E-state index contributed by atoms with van der Waals surface area (Å²) in [7, 11) is 0. The molecule has 1 saturated carbocycles. The predicted octanol–water partition coefficient (Wildman–Crippen LogP) is 2.32. The van der Waals surface area contributed by atoms with Gasteiger partial charge in [-0.25, -0.2) is 4.79 Å². The van der Waals surface area contributed by atoms with Gasteiger partial charge in [0.05, 0.1) is 5.92 Å². The van der Waals surface area contributed by atoms with Crippen molar-refractivity contribution >= 4 is 17.9 Å². The van der Waals surface area contributed by atoms with E-state index < -0.39 is 29.6 Å². The van der Waals surface area contributed by atoms with Crippen molar-refractivity contribution in [1.82, 2.24) is 0 Å². The molecule has 2 aliphatic carbocycles. The van der Waals surface area contributed by atoms with Gasteiger partial charge < -0.3 is 14.2 Å². The van der Waals surface area contributed by atoms with Crippen LogP contribution in [0.2, 0.25) is 0 Å². The molecular formula is C19H24O6. The lowest BCUT2D eigenvalue weighted by Crippen LogP contribution is -2.58. The quantitative estimate of drug-likeness (QED) is 0.330. The molecule has 6 nitrogen and oxygen atoms in total. The Kier molecular flexibility index (Phi) is 4.25.